The van der Waals surface area contributed by atoms with Gasteiger partial charge in [0.25, 0.3) is 0 Å². The first-order chi connectivity index (χ1) is 15.2. The van der Waals surface area contributed by atoms with Crippen molar-refractivity contribution in [1.82, 2.24) is 9.80 Å². The molecular weight excluding hydrogens is 464 g/mol. The fourth-order valence-electron chi connectivity index (χ4n) is 3.94. The van der Waals surface area contributed by atoms with Gasteiger partial charge in [-0.1, -0.05) is 42.5 Å². The second-order valence-corrected chi connectivity index (χ2v) is 9.59. The maximum atomic E-state index is 10.9. The number of rotatable bonds is 9. The molecule has 5 heteroatoms. The van der Waals surface area contributed by atoms with Gasteiger partial charge in [0.1, 0.15) is 11.5 Å². The van der Waals surface area contributed by atoms with Gasteiger partial charge in [0.05, 0.1) is 4.47 Å². The first-order valence-corrected chi connectivity index (χ1v) is 11.8. The van der Waals surface area contributed by atoms with Crippen molar-refractivity contribution in [3.63, 3.8) is 0 Å². The van der Waals surface area contributed by atoms with Crippen LogP contribution in [0.25, 0.3) is 11.1 Å². The van der Waals surface area contributed by atoms with E-state index in [2.05, 4.69) is 52.8 Å². The van der Waals surface area contributed by atoms with Crippen molar-refractivity contribution >= 4 is 15.9 Å². The molecule has 0 bridgehead atoms. The van der Waals surface area contributed by atoms with E-state index in [1.165, 1.54) is 0 Å². The Bertz CT molecular complexity index is 1050. The van der Waals surface area contributed by atoms with E-state index in [-0.39, 0.29) is 0 Å². The molecule has 3 aromatic rings. The Labute approximate surface area is 200 Å². The largest absolute Gasteiger partial charge is 0.507 e. The summed E-state index contributed by atoms with van der Waals surface area (Å²) in [6.07, 6.45) is 0.797. The second kappa shape index (κ2) is 11.0. The summed E-state index contributed by atoms with van der Waals surface area (Å²) >= 11 is 3.43. The Kier molecular flexibility index (Phi) is 8.35. The first kappa shape index (κ1) is 24.3. The summed E-state index contributed by atoms with van der Waals surface area (Å²) in [5.74, 6) is 0.702. The van der Waals surface area contributed by atoms with Crippen LogP contribution in [0, 0.1) is 13.8 Å². The van der Waals surface area contributed by atoms with Crippen molar-refractivity contribution in [3.05, 3.63) is 81.3 Å². The maximum absolute atomic E-state index is 10.9. The Morgan fingerprint density at radius 1 is 0.750 bits per heavy atom. The Hall–Kier alpha value is -2.34. The molecule has 0 aliphatic heterocycles. The highest BCUT2D eigenvalue weighted by Crippen LogP contribution is 2.34. The number of aryl methyl sites for hydroxylation is 2. The topological polar surface area (TPSA) is 46.9 Å². The fourth-order valence-corrected chi connectivity index (χ4v) is 4.56. The molecule has 0 aromatic heterocycles. The molecule has 0 saturated heterocycles. The summed E-state index contributed by atoms with van der Waals surface area (Å²) in [6.45, 7) is 7.45. The van der Waals surface area contributed by atoms with E-state index >= 15 is 0 Å². The molecule has 0 fully saturated rings. The number of hydrogen-bond acceptors (Lipinski definition) is 4. The van der Waals surface area contributed by atoms with Gasteiger partial charge in [0, 0.05) is 37.3 Å². The summed E-state index contributed by atoms with van der Waals surface area (Å²) in [5.41, 5.74) is 6.11. The van der Waals surface area contributed by atoms with Crippen LogP contribution in [0.1, 0.15) is 22.3 Å². The van der Waals surface area contributed by atoms with E-state index < -0.39 is 0 Å². The molecule has 0 radical (unpaired) electrons. The highest BCUT2D eigenvalue weighted by Gasteiger charge is 2.13. The monoisotopic (exact) mass is 496 g/mol. The number of likely N-dealkylation sites (N-methyl/N-ethyl adjacent to an activating group) is 2. The first-order valence-electron chi connectivity index (χ1n) is 11.0. The number of nitrogens with zero attached hydrogens (tertiary/aromatic N) is 2. The molecule has 0 atom stereocenters. The van der Waals surface area contributed by atoms with Crippen molar-refractivity contribution in [2.75, 3.05) is 33.7 Å². The van der Waals surface area contributed by atoms with Crippen LogP contribution in [0.2, 0.25) is 0 Å². The van der Waals surface area contributed by atoms with Crippen LogP contribution in [-0.2, 0) is 13.0 Å². The summed E-state index contributed by atoms with van der Waals surface area (Å²) < 4.78 is 0.753. The molecule has 4 nitrogen and oxygen atoms in total. The van der Waals surface area contributed by atoms with Gasteiger partial charge < -0.3 is 20.0 Å². The van der Waals surface area contributed by atoms with Gasteiger partial charge in [-0.3, -0.25) is 0 Å². The lowest BCUT2D eigenvalue weighted by atomic mass is 9.98. The van der Waals surface area contributed by atoms with E-state index in [4.69, 9.17) is 0 Å². The molecule has 0 amide bonds. The molecular formula is C27H33BrN2O2. The Morgan fingerprint density at radius 3 is 2.09 bits per heavy atom. The summed E-state index contributed by atoms with van der Waals surface area (Å²) in [7, 11) is 4.19. The molecule has 0 aliphatic rings. The smallest absolute Gasteiger partial charge is 0.133 e. The minimum atomic E-state index is 0.338. The van der Waals surface area contributed by atoms with Gasteiger partial charge in [0.15, 0.2) is 0 Å². The molecule has 3 aromatic carbocycles. The van der Waals surface area contributed by atoms with Gasteiger partial charge in [-0.2, -0.15) is 0 Å². The summed E-state index contributed by atoms with van der Waals surface area (Å²) in [4.78, 5) is 4.51. The lowest BCUT2D eigenvalue weighted by Gasteiger charge is -2.23. The van der Waals surface area contributed by atoms with Crippen molar-refractivity contribution in [2.24, 2.45) is 0 Å². The normalized spacial score (nSPS) is 11.5. The molecule has 3 rings (SSSR count). The van der Waals surface area contributed by atoms with Crippen LogP contribution in [0.15, 0.2) is 59.1 Å². The number of aromatic hydroxyl groups is 2. The van der Waals surface area contributed by atoms with E-state index in [9.17, 15) is 10.2 Å². The molecule has 0 unspecified atom stereocenters. The predicted molar refractivity (Wildman–Crippen MR) is 136 cm³/mol. The molecule has 0 saturated carbocycles. The maximum Gasteiger partial charge on any atom is 0.133 e. The zero-order valence-corrected chi connectivity index (χ0v) is 21.0. The zero-order chi connectivity index (χ0) is 23.3. The van der Waals surface area contributed by atoms with Gasteiger partial charge in [0.2, 0.25) is 0 Å². The van der Waals surface area contributed by atoms with E-state index in [1.54, 1.807) is 0 Å². The lowest BCUT2D eigenvalue weighted by Crippen LogP contribution is -2.31. The van der Waals surface area contributed by atoms with Crippen molar-refractivity contribution in [3.8, 4) is 22.6 Å². The van der Waals surface area contributed by atoms with E-state index in [1.807, 2.05) is 55.5 Å². The van der Waals surface area contributed by atoms with Gasteiger partial charge in [-0.05, 0) is 84.7 Å². The van der Waals surface area contributed by atoms with Crippen LogP contribution >= 0.6 is 15.9 Å². The SMILES string of the molecule is Cc1cc(Br)c(O)c(CCN(C)CCN(C)Cc2cc(C)cc(-c3ccccc3)c2O)c1. The van der Waals surface area contributed by atoms with E-state index in [0.717, 1.165) is 63.9 Å². The fraction of sp³-hybridized carbons (Fsp3) is 0.333. The third-order valence-corrected chi connectivity index (χ3v) is 6.38. The third-order valence-electron chi connectivity index (χ3n) is 5.77. The molecule has 2 N–H and O–H groups in total. The number of halogens is 1. The number of phenols is 2. The standard InChI is InChI=1S/C27H33BrN2O2/c1-19-15-23(26(31)24(16-19)21-8-6-5-7-9-21)18-30(4)13-12-29(3)11-10-22-14-20(2)17-25(28)27(22)32/h5-9,14-17,31-32H,10-13,18H2,1-4H3. The lowest BCUT2D eigenvalue weighted by molar-refractivity contribution is 0.251. The molecule has 0 aliphatic carbocycles. The van der Waals surface area contributed by atoms with Crippen LogP contribution < -0.4 is 0 Å². The highest BCUT2D eigenvalue weighted by molar-refractivity contribution is 9.10. The average molecular weight is 497 g/mol. The van der Waals surface area contributed by atoms with Crippen LogP contribution in [0.4, 0.5) is 0 Å². The summed E-state index contributed by atoms with van der Waals surface area (Å²) in [6, 6.07) is 18.1. The second-order valence-electron chi connectivity index (χ2n) is 8.73. The van der Waals surface area contributed by atoms with Gasteiger partial charge in [-0.15, -0.1) is 0 Å². The Balaban J connectivity index is 1.57. The molecule has 32 heavy (non-hydrogen) atoms. The minimum Gasteiger partial charge on any atom is -0.507 e. The van der Waals surface area contributed by atoms with Gasteiger partial charge in [-0.25, -0.2) is 0 Å². The number of hydrogen-bond donors (Lipinski definition) is 2. The average Bonchev–Trinajstić information content (AvgIpc) is 2.76. The zero-order valence-electron chi connectivity index (χ0n) is 19.4. The minimum absolute atomic E-state index is 0.338. The third kappa shape index (κ3) is 6.35. The molecule has 0 heterocycles. The van der Waals surface area contributed by atoms with Crippen molar-refractivity contribution < 1.29 is 10.2 Å². The van der Waals surface area contributed by atoms with E-state index in [0.29, 0.717) is 18.0 Å². The molecule has 0 spiro atoms. The van der Waals surface area contributed by atoms with Crippen LogP contribution in [0.5, 0.6) is 11.5 Å². The highest BCUT2D eigenvalue weighted by atomic mass is 79.9. The number of phenolic OH excluding ortho intramolecular Hbond substituents is 2. The quantitative estimate of drug-likeness (QED) is 0.395. The summed E-state index contributed by atoms with van der Waals surface area (Å²) in [5, 5.41) is 21.2. The number of benzene rings is 3. The van der Waals surface area contributed by atoms with Gasteiger partial charge >= 0.3 is 0 Å². The predicted octanol–water partition coefficient (Wildman–Crippen LogP) is 5.75. The molecule has 170 valence electrons. The van der Waals surface area contributed by atoms with Crippen molar-refractivity contribution in [2.45, 2.75) is 26.8 Å². The Morgan fingerprint density at radius 2 is 1.38 bits per heavy atom. The van der Waals surface area contributed by atoms with Crippen LogP contribution in [-0.4, -0.2) is 53.7 Å². The van der Waals surface area contributed by atoms with Crippen LogP contribution in [0.3, 0.4) is 0 Å². The van der Waals surface area contributed by atoms with Crippen molar-refractivity contribution in [1.29, 1.82) is 0 Å².